The number of amides is 1. The third-order valence-corrected chi connectivity index (χ3v) is 2.43. The molecule has 92 valence electrons. The SMILES string of the molecule is CC(=O)CCC(=O)N(C)Cc1cccc(F)c1. The summed E-state index contributed by atoms with van der Waals surface area (Å²) in [4.78, 5) is 23.9. The van der Waals surface area contributed by atoms with Crippen molar-refractivity contribution in [2.24, 2.45) is 0 Å². The minimum Gasteiger partial charge on any atom is -0.341 e. The van der Waals surface area contributed by atoms with Gasteiger partial charge in [-0.3, -0.25) is 4.79 Å². The lowest BCUT2D eigenvalue weighted by molar-refractivity contribution is -0.132. The maximum absolute atomic E-state index is 12.9. The van der Waals surface area contributed by atoms with Crippen LogP contribution in [-0.4, -0.2) is 23.6 Å². The maximum Gasteiger partial charge on any atom is 0.223 e. The third kappa shape index (κ3) is 4.76. The fourth-order valence-electron chi connectivity index (χ4n) is 1.47. The fourth-order valence-corrected chi connectivity index (χ4v) is 1.47. The van der Waals surface area contributed by atoms with E-state index in [1.165, 1.54) is 24.0 Å². The second-order valence-corrected chi connectivity index (χ2v) is 4.08. The largest absolute Gasteiger partial charge is 0.341 e. The smallest absolute Gasteiger partial charge is 0.223 e. The molecule has 1 rings (SSSR count). The van der Waals surface area contributed by atoms with Gasteiger partial charge in [-0.05, 0) is 24.6 Å². The standard InChI is InChI=1S/C13H16FNO2/c1-10(16)6-7-13(17)15(2)9-11-4-3-5-12(14)8-11/h3-5,8H,6-7,9H2,1-2H3. The number of carbonyl (C=O) groups is 2. The van der Waals surface area contributed by atoms with E-state index >= 15 is 0 Å². The predicted octanol–water partition coefficient (Wildman–Crippen LogP) is 2.15. The molecule has 4 heteroatoms. The first-order valence-corrected chi connectivity index (χ1v) is 5.47. The van der Waals surface area contributed by atoms with Crippen molar-refractivity contribution in [3.63, 3.8) is 0 Å². The highest BCUT2D eigenvalue weighted by Crippen LogP contribution is 2.07. The molecule has 17 heavy (non-hydrogen) atoms. The molecule has 0 N–H and O–H groups in total. The molecule has 0 fully saturated rings. The predicted molar refractivity (Wildman–Crippen MR) is 62.8 cm³/mol. The van der Waals surface area contributed by atoms with Crippen LogP contribution in [0.4, 0.5) is 4.39 Å². The van der Waals surface area contributed by atoms with Crippen LogP contribution in [0.5, 0.6) is 0 Å². The van der Waals surface area contributed by atoms with Gasteiger partial charge in [-0.1, -0.05) is 12.1 Å². The average Bonchev–Trinajstić information content (AvgIpc) is 2.25. The van der Waals surface area contributed by atoms with Crippen LogP contribution in [0.25, 0.3) is 0 Å². The van der Waals surface area contributed by atoms with Gasteiger partial charge >= 0.3 is 0 Å². The van der Waals surface area contributed by atoms with Crippen LogP contribution in [0.3, 0.4) is 0 Å². The monoisotopic (exact) mass is 237 g/mol. The van der Waals surface area contributed by atoms with E-state index in [1.54, 1.807) is 19.2 Å². The Bertz CT molecular complexity index is 418. The number of ketones is 1. The van der Waals surface area contributed by atoms with Crippen LogP contribution >= 0.6 is 0 Å². The number of halogens is 1. The highest BCUT2D eigenvalue weighted by atomic mass is 19.1. The molecule has 1 aromatic carbocycles. The summed E-state index contributed by atoms with van der Waals surface area (Å²) in [7, 11) is 1.65. The number of nitrogens with zero attached hydrogens (tertiary/aromatic N) is 1. The number of Topliss-reactive ketones (excluding diaryl/α,β-unsaturated/α-hetero) is 1. The Kier molecular flexibility index (Phi) is 4.82. The van der Waals surface area contributed by atoms with E-state index < -0.39 is 0 Å². The Morgan fingerprint density at radius 2 is 2.00 bits per heavy atom. The van der Waals surface area contributed by atoms with Gasteiger partial charge in [0.1, 0.15) is 11.6 Å². The Balaban J connectivity index is 2.51. The topological polar surface area (TPSA) is 37.4 Å². The zero-order valence-electron chi connectivity index (χ0n) is 10.1. The van der Waals surface area contributed by atoms with Gasteiger partial charge in [0.15, 0.2) is 0 Å². The summed E-state index contributed by atoms with van der Waals surface area (Å²) in [6, 6.07) is 6.13. The minimum absolute atomic E-state index is 0.00231. The van der Waals surface area contributed by atoms with Crippen molar-refractivity contribution < 1.29 is 14.0 Å². The molecule has 0 saturated carbocycles. The number of benzene rings is 1. The molecule has 1 aromatic rings. The van der Waals surface area contributed by atoms with E-state index in [9.17, 15) is 14.0 Å². The lowest BCUT2D eigenvalue weighted by atomic mass is 10.2. The van der Waals surface area contributed by atoms with E-state index in [0.717, 1.165) is 5.56 Å². The van der Waals surface area contributed by atoms with E-state index in [2.05, 4.69) is 0 Å². The van der Waals surface area contributed by atoms with Gasteiger partial charge in [0, 0.05) is 26.4 Å². The van der Waals surface area contributed by atoms with Crippen LogP contribution in [0.2, 0.25) is 0 Å². The lowest BCUT2D eigenvalue weighted by Crippen LogP contribution is -2.26. The fraction of sp³-hybridized carbons (Fsp3) is 0.385. The van der Waals surface area contributed by atoms with Crippen LogP contribution < -0.4 is 0 Å². The van der Waals surface area contributed by atoms with E-state index in [0.29, 0.717) is 6.54 Å². The number of hydrogen-bond acceptors (Lipinski definition) is 2. The van der Waals surface area contributed by atoms with E-state index in [4.69, 9.17) is 0 Å². The Morgan fingerprint density at radius 1 is 1.29 bits per heavy atom. The van der Waals surface area contributed by atoms with Gasteiger partial charge < -0.3 is 9.69 Å². The van der Waals surface area contributed by atoms with Gasteiger partial charge in [-0.15, -0.1) is 0 Å². The first kappa shape index (κ1) is 13.4. The molecule has 0 atom stereocenters. The quantitative estimate of drug-likeness (QED) is 0.787. The van der Waals surface area contributed by atoms with Gasteiger partial charge in [-0.25, -0.2) is 4.39 Å². The molecule has 0 aliphatic carbocycles. The first-order chi connectivity index (χ1) is 7.99. The summed E-state index contributed by atoms with van der Waals surface area (Å²) < 4.78 is 12.9. The molecule has 3 nitrogen and oxygen atoms in total. The summed E-state index contributed by atoms with van der Waals surface area (Å²) >= 11 is 0. The van der Waals surface area contributed by atoms with Crippen molar-refractivity contribution in [1.29, 1.82) is 0 Å². The summed E-state index contributed by atoms with van der Waals surface area (Å²) in [6.45, 7) is 1.81. The molecule has 0 saturated heterocycles. The molecular weight excluding hydrogens is 221 g/mol. The molecule has 0 aliphatic rings. The van der Waals surface area contributed by atoms with Crippen molar-refractivity contribution in [3.8, 4) is 0 Å². The molecule has 0 aliphatic heterocycles. The summed E-state index contributed by atoms with van der Waals surface area (Å²) in [5.41, 5.74) is 0.740. The Labute approximate surface area is 100 Å². The molecule has 0 radical (unpaired) electrons. The van der Waals surface area contributed by atoms with Crippen LogP contribution in [0, 0.1) is 5.82 Å². The molecule has 0 heterocycles. The maximum atomic E-state index is 12.9. The van der Waals surface area contributed by atoms with Gasteiger partial charge in [0.2, 0.25) is 5.91 Å². The molecule has 0 bridgehead atoms. The highest BCUT2D eigenvalue weighted by Gasteiger charge is 2.10. The third-order valence-electron chi connectivity index (χ3n) is 2.43. The number of rotatable bonds is 5. The average molecular weight is 237 g/mol. The molecule has 0 spiro atoms. The number of hydrogen-bond donors (Lipinski definition) is 0. The second kappa shape index (κ2) is 6.13. The van der Waals surface area contributed by atoms with Gasteiger partial charge in [0.25, 0.3) is 0 Å². The van der Waals surface area contributed by atoms with Crippen molar-refractivity contribution >= 4 is 11.7 Å². The normalized spacial score (nSPS) is 10.1. The summed E-state index contributed by atoms with van der Waals surface area (Å²) in [5, 5.41) is 0. The first-order valence-electron chi connectivity index (χ1n) is 5.47. The van der Waals surface area contributed by atoms with Crippen molar-refractivity contribution in [2.75, 3.05) is 7.05 Å². The molecule has 0 aromatic heterocycles. The van der Waals surface area contributed by atoms with Gasteiger partial charge in [-0.2, -0.15) is 0 Å². The minimum atomic E-state index is -0.313. The second-order valence-electron chi connectivity index (χ2n) is 4.08. The molecule has 1 amide bonds. The summed E-state index contributed by atoms with van der Waals surface area (Å²) in [6.07, 6.45) is 0.466. The lowest BCUT2D eigenvalue weighted by Gasteiger charge is -2.16. The van der Waals surface area contributed by atoms with E-state index in [1.807, 2.05) is 0 Å². The van der Waals surface area contributed by atoms with Crippen LogP contribution in [0.1, 0.15) is 25.3 Å². The highest BCUT2D eigenvalue weighted by molar-refractivity contribution is 5.83. The molecule has 0 unspecified atom stereocenters. The number of carbonyl (C=O) groups excluding carboxylic acids is 2. The van der Waals surface area contributed by atoms with Crippen LogP contribution in [-0.2, 0) is 16.1 Å². The van der Waals surface area contributed by atoms with Crippen molar-refractivity contribution in [3.05, 3.63) is 35.6 Å². The zero-order valence-corrected chi connectivity index (χ0v) is 10.1. The Hall–Kier alpha value is -1.71. The van der Waals surface area contributed by atoms with E-state index in [-0.39, 0.29) is 30.3 Å². The van der Waals surface area contributed by atoms with Gasteiger partial charge in [0.05, 0.1) is 0 Å². The van der Waals surface area contributed by atoms with Crippen molar-refractivity contribution in [2.45, 2.75) is 26.3 Å². The van der Waals surface area contributed by atoms with Crippen molar-refractivity contribution in [1.82, 2.24) is 4.90 Å². The Morgan fingerprint density at radius 3 is 2.59 bits per heavy atom. The van der Waals surface area contributed by atoms with Crippen LogP contribution in [0.15, 0.2) is 24.3 Å². The summed E-state index contributed by atoms with van der Waals surface area (Å²) in [5.74, 6) is -0.422. The zero-order chi connectivity index (χ0) is 12.8. The molecular formula is C13H16FNO2.